The minimum absolute atomic E-state index is 0.0187. The first-order valence-corrected chi connectivity index (χ1v) is 12.8. The minimum atomic E-state index is -0.911. The van der Waals surface area contributed by atoms with Crippen molar-refractivity contribution in [3.63, 3.8) is 0 Å². The number of aryl methyl sites for hydroxylation is 2. The molecule has 2 atom stereocenters. The van der Waals surface area contributed by atoms with E-state index in [-0.39, 0.29) is 23.2 Å². The summed E-state index contributed by atoms with van der Waals surface area (Å²) < 4.78 is 6.68. The van der Waals surface area contributed by atoms with Crippen molar-refractivity contribution in [2.24, 2.45) is 0 Å². The molecule has 7 nitrogen and oxygen atoms in total. The van der Waals surface area contributed by atoms with Crippen molar-refractivity contribution < 1.29 is 24.5 Å². The van der Waals surface area contributed by atoms with Gasteiger partial charge in [-0.25, -0.2) is 4.98 Å². The van der Waals surface area contributed by atoms with Crippen LogP contribution in [0.1, 0.15) is 40.8 Å². The maximum Gasteiger partial charge on any atom is 0.301 e. The summed E-state index contributed by atoms with van der Waals surface area (Å²) in [7, 11) is 0. The van der Waals surface area contributed by atoms with Crippen molar-refractivity contribution in [2.45, 2.75) is 39.3 Å². The van der Waals surface area contributed by atoms with E-state index in [2.05, 4.69) is 0 Å². The number of rotatable bonds is 3. The van der Waals surface area contributed by atoms with Crippen LogP contribution >= 0.6 is 11.3 Å². The average Bonchev–Trinajstić information content (AvgIpc) is 3.52. The zero-order valence-electron chi connectivity index (χ0n) is 20.5. The Morgan fingerprint density at radius 3 is 2.59 bits per heavy atom. The summed E-state index contributed by atoms with van der Waals surface area (Å²) in [6.45, 7) is 5.93. The van der Waals surface area contributed by atoms with Crippen molar-refractivity contribution in [3.8, 4) is 11.5 Å². The molecule has 0 saturated carbocycles. The number of aliphatic hydroxyl groups excluding tert-OH is 1. The Morgan fingerprint density at radius 2 is 1.84 bits per heavy atom. The molecular weight excluding hydrogens is 488 g/mol. The summed E-state index contributed by atoms with van der Waals surface area (Å²) >= 11 is 1.33. The van der Waals surface area contributed by atoms with Crippen LogP contribution in [0.4, 0.5) is 5.13 Å². The van der Waals surface area contributed by atoms with Crippen LogP contribution in [0.15, 0.2) is 60.2 Å². The topological polar surface area (TPSA) is 100.0 Å². The Bertz CT molecular complexity index is 1640. The fourth-order valence-corrected chi connectivity index (χ4v) is 6.36. The molecule has 8 heteroatoms. The van der Waals surface area contributed by atoms with Gasteiger partial charge in [-0.05, 0) is 79.4 Å². The number of carbonyl (C=O) groups is 2. The number of nitrogens with zero attached hydrogens (tertiary/aromatic N) is 2. The Hall–Kier alpha value is -4.17. The summed E-state index contributed by atoms with van der Waals surface area (Å²) in [5.74, 6) is -0.993. The molecule has 3 heterocycles. The number of aromatic nitrogens is 1. The minimum Gasteiger partial charge on any atom is -0.508 e. The molecule has 6 rings (SSSR count). The highest BCUT2D eigenvalue weighted by atomic mass is 32.1. The van der Waals surface area contributed by atoms with Crippen LogP contribution in [0.3, 0.4) is 0 Å². The number of fused-ring (bicyclic) bond motifs is 2. The van der Waals surface area contributed by atoms with E-state index >= 15 is 0 Å². The summed E-state index contributed by atoms with van der Waals surface area (Å²) in [6.07, 6.45) is 0.720. The van der Waals surface area contributed by atoms with E-state index in [4.69, 9.17) is 9.72 Å². The molecule has 1 saturated heterocycles. The number of phenols is 1. The second-order valence-corrected chi connectivity index (χ2v) is 10.6. The van der Waals surface area contributed by atoms with Gasteiger partial charge in [-0.3, -0.25) is 14.5 Å². The number of thiazole rings is 1. The Labute approximate surface area is 217 Å². The molecule has 2 aliphatic rings. The van der Waals surface area contributed by atoms with Gasteiger partial charge in [0.05, 0.1) is 21.8 Å². The van der Waals surface area contributed by atoms with Crippen molar-refractivity contribution >= 4 is 44.1 Å². The van der Waals surface area contributed by atoms with E-state index in [0.29, 0.717) is 22.7 Å². The van der Waals surface area contributed by atoms with Crippen LogP contribution in [0, 0.1) is 13.8 Å². The smallest absolute Gasteiger partial charge is 0.301 e. The molecule has 186 valence electrons. The maximum atomic E-state index is 13.5. The van der Waals surface area contributed by atoms with Gasteiger partial charge in [0.25, 0.3) is 5.78 Å². The lowest BCUT2D eigenvalue weighted by Gasteiger charge is -2.23. The first-order chi connectivity index (χ1) is 17.7. The van der Waals surface area contributed by atoms with E-state index < -0.39 is 17.7 Å². The van der Waals surface area contributed by atoms with E-state index in [1.807, 2.05) is 32.9 Å². The van der Waals surface area contributed by atoms with E-state index in [1.165, 1.54) is 28.4 Å². The molecule has 2 N–H and O–H groups in total. The zero-order chi connectivity index (χ0) is 26.0. The highest BCUT2D eigenvalue weighted by molar-refractivity contribution is 7.22. The summed E-state index contributed by atoms with van der Waals surface area (Å²) in [4.78, 5) is 33.1. The largest absolute Gasteiger partial charge is 0.508 e. The fraction of sp³-hybridized carbons (Fsp3) is 0.207. The van der Waals surface area contributed by atoms with Gasteiger partial charge in [0.2, 0.25) is 0 Å². The average molecular weight is 513 g/mol. The van der Waals surface area contributed by atoms with Crippen LogP contribution in [0.25, 0.3) is 16.0 Å². The standard InChI is InChI=1S/C29H24N2O5S/c1-14-10-15(2)24-22(11-14)37-29(30-24)31-25(17-4-7-20(32)8-5-17)23(27(34)28(31)35)26(33)18-6-9-21-19(13-18)12-16(3)36-21/h4-11,13,16,25,32-33H,12H2,1-3H3/t16-,25-/m0/s1. The van der Waals surface area contributed by atoms with Gasteiger partial charge in [-0.2, -0.15) is 0 Å². The molecule has 37 heavy (non-hydrogen) atoms. The Balaban J connectivity index is 1.54. The van der Waals surface area contributed by atoms with Gasteiger partial charge >= 0.3 is 5.91 Å². The van der Waals surface area contributed by atoms with Crippen LogP contribution in [-0.2, 0) is 16.0 Å². The van der Waals surface area contributed by atoms with Gasteiger partial charge < -0.3 is 14.9 Å². The normalized spacial score (nSPS) is 20.5. The van der Waals surface area contributed by atoms with Gasteiger partial charge in [0.15, 0.2) is 5.13 Å². The quantitative estimate of drug-likeness (QED) is 0.212. The van der Waals surface area contributed by atoms with Gasteiger partial charge in [-0.1, -0.05) is 29.5 Å². The van der Waals surface area contributed by atoms with Gasteiger partial charge in [0.1, 0.15) is 23.4 Å². The second kappa shape index (κ2) is 8.45. The SMILES string of the molecule is Cc1cc(C)c2nc(N3C(=O)C(=O)C(=C(O)c4ccc5c(c4)C[C@H](C)O5)[C@@H]3c3ccc(O)cc3)sc2c1. The molecular formula is C29H24N2O5S. The predicted molar refractivity (Wildman–Crippen MR) is 142 cm³/mol. The number of benzene rings is 3. The number of amides is 1. The Morgan fingerprint density at radius 1 is 1.08 bits per heavy atom. The summed E-state index contributed by atoms with van der Waals surface area (Å²) in [5.41, 5.74) is 4.75. The van der Waals surface area contributed by atoms with E-state index in [9.17, 15) is 19.8 Å². The van der Waals surface area contributed by atoms with Crippen molar-refractivity contribution in [2.75, 3.05) is 4.90 Å². The van der Waals surface area contributed by atoms with E-state index in [0.717, 1.165) is 32.7 Å². The molecule has 1 fully saturated rings. The van der Waals surface area contributed by atoms with Crippen molar-refractivity contribution in [3.05, 3.63) is 88.0 Å². The molecule has 0 aliphatic carbocycles. The third-order valence-electron chi connectivity index (χ3n) is 6.85. The number of aromatic hydroxyl groups is 1. The number of anilines is 1. The van der Waals surface area contributed by atoms with Crippen LogP contribution in [-0.4, -0.2) is 33.0 Å². The molecule has 3 aromatic carbocycles. The van der Waals surface area contributed by atoms with Crippen LogP contribution in [0.2, 0.25) is 0 Å². The zero-order valence-corrected chi connectivity index (χ0v) is 21.3. The number of ether oxygens (including phenoxy) is 1. The summed E-state index contributed by atoms with van der Waals surface area (Å²) in [5, 5.41) is 21.7. The number of carbonyl (C=O) groups excluding carboxylic acids is 2. The first kappa shape index (κ1) is 23.2. The highest BCUT2D eigenvalue weighted by Gasteiger charge is 2.48. The molecule has 1 amide bonds. The highest BCUT2D eigenvalue weighted by Crippen LogP contribution is 2.45. The second-order valence-electron chi connectivity index (χ2n) is 9.64. The van der Waals surface area contributed by atoms with Crippen molar-refractivity contribution in [1.82, 2.24) is 4.98 Å². The Kier molecular flexibility index (Phi) is 5.31. The first-order valence-electron chi connectivity index (χ1n) is 12.0. The molecule has 4 aromatic rings. The molecule has 1 aromatic heterocycles. The van der Waals surface area contributed by atoms with Gasteiger partial charge in [0, 0.05) is 12.0 Å². The third-order valence-corrected chi connectivity index (χ3v) is 7.85. The maximum absolute atomic E-state index is 13.5. The number of hydrogen-bond donors (Lipinski definition) is 2. The number of aliphatic hydroxyl groups is 1. The molecule has 0 unspecified atom stereocenters. The number of phenolic OH excluding ortho intramolecular Hbond substituents is 1. The van der Waals surface area contributed by atoms with Crippen LogP contribution in [0.5, 0.6) is 11.5 Å². The lowest BCUT2D eigenvalue weighted by Crippen LogP contribution is -2.29. The predicted octanol–water partition coefficient (Wildman–Crippen LogP) is 5.57. The number of Topliss-reactive ketones (excluding diaryl/α,β-unsaturated/α-hetero) is 1. The molecule has 2 aliphatic heterocycles. The number of hydrogen-bond acceptors (Lipinski definition) is 7. The van der Waals surface area contributed by atoms with Crippen LogP contribution < -0.4 is 9.64 Å². The molecule has 0 spiro atoms. The molecule has 0 radical (unpaired) electrons. The monoisotopic (exact) mass is 512 g/mol. The lowest BCUT2D eigenvalue weighted by molar-refractivity contribution is -0.132. The van der Waals surface area contributed by atoms with E-state index in [1.54, 1.807) is 30.3 Å². The van der Waals surface area contributed by atoms with Crippen molar-refractivity contribution in [1.29, 1.82) is 0 Å². The third kappa shape index (κ3) is 3.76. The number of ketones is 1. The van der Waals surface area contributed by atoms with Gasteiger partial charge in [-0.15, -0.1) is 0 Å². The molecule has 0 bridgehead atoms. The fourth-order valence-electron chi connectivity index (χ4n) is 5.19. The lowest BCUT2D eigenvalue weighted by atomic mass is 9.94. The summed E-state index contributed by atoms with van der Waals surface area (Å²) in [6, 6.07) is 14.7.